The molecule has 0 aliphatic heterocycles. The second-order valence-electron chi connectivity index (χ2n) is 4.13. The number of ether oxygens (including phenoxy) is 1. The van der Waals surface area contributed by atoms with Crippen LogP contribution in [0, 0.1) is 5.92 Å². The number of nitrogens with one attached hydrogen (secondary N) is 1. The molecule has 2 amide bonds. The predicted molar refractivity (Wildman–Crippen MR) is 67.8 cm³/mol. The van der Waals surface area contributed by atoms with Crippen LogP contribution in [0.15, 0.2) is 24.3 Å². The van der Waals surface area contributed by atoms with Crippen LogP contribution in [-0.4, -0.2) is 18.9 Å². The Morgan fingerprint density at radius 3 is 2.44 bits per heavy atom. The Kier molecular flexibility index (Phi) is 5.17. The monoisotopic (exact) mass is 250 g/mol. The van der Waals surface area contributed by atoms with E-state index >= 15 is 0 Å². The van der Waals surface area contributed by atoms with Crippen LogP contribution in [0.4, 0.5) is 0 Å². The van der Waals surface area contributed by atoms with Gasteiger partial charge in [0.1, 0.15) is 5.75 Å². The first-order valence-electron chi connectivity index (χ1n) is 5.72. The van der Waals surface area contributed by atoms with Gasteiger partial charge >= 0.3 is 0 Å². The van der Waals surface area contributed by atoms with Gasteiger partial charge in [-0.15, -0.1) is 0 Å². The fourth-order valence-electron chi connectivity index (χ4n) is 1.39. The minimum atomic E-state index is -0.463. The highest BCUT2D eigenvalue weighted by Crippen LogP contribution is 2.11. The maximum atomic E-state index is 11.5. The molecule has 0 saturated carbocycles. The van der Waals surface area contributed by atoms with Crippen molar-refractivity contribution in [3.8, 4) is 5.75 Å². The molecule has 0 aliphatic carbocycles. The molecule has 0 aromatic heterocycles. The highest BCUT2D eigenvalue weighted by atomic mass is 16.5. The van der Waals surface area contributed by atoms with E-state index < -0.39 is 11.8 Å². The summed E-state index contributed by atoms with van der Waals surface area (Å²) in [6, 6.07) is 7.40. The van der Waals surface area contributed by atoms with Gasteiger partial charge in [0.05, 0.1) is 7.11 Å². The second-order valence-corrected chi connectivity index (χ2v) is 4.13. The van der Waals surface area contributed by atoms with Crippen LogP contribution in [0.1, 0.15) is 18.9 Å². The van der Waals surface area contributed by atoms with Gasteiger partial charge in [0.15, 0.2) is 0 Å². The summed E-state index contributed by atoms with van der Waals surface area (Å²) in [6.07, 6.45) is 0.117. The third-order valence-electron chi connectivity index (χ3n) is 2.63. The number of methoxy groups -OCH3 is 1. The summed E-state index contributed by atoms with van der Waals surface area (Å²) in [6.45, 7) is 2.06. The topological polar surface area (TPSA) is 81.4 Å². The van der Waals surface area contributed by atoms with Crippen molar-refractivity contribution >= 4 is 11.8 Å². The Labute approximate surface area is 106 Å². The van der Waals surface area contributed by atoms with Gasteiger partial charge in [0.25, 0.3) is 0 Å². The lowest BCUT2D eigenvalue weighted by atomic mass is 10.1. The van der Waals surface area contributed by atoms with Gasteiger partial charge in [-0.3, -0.25) is 9.59 Å². The van der Waals surface area contributed by atoms with Gasteiger partial charge in [-0.2, -0.15) is 0 Å². The molecule has 1 atom stereocenters. The number of carbonyl (C=O) groups excluding carboxylic acids is 2. The highest BCUT2D eigenvalue weighted by molar-refractivity contribution is 5.84. The van der Waals surface area contributed by atoms with E-state index in [1.807, 2.05) is 24.3 Å². The molecule has 0 saturated heterocycles. The molecule has 98 valence electrons. The minimum Gasteiger partial charge on any atom is -0.497 e. The summed E-state index contributed by atoms with van der Waals surface area (Å²) in [4.78, 5) is 22.3. The van der Waals surface area contributed by atoms with Crippen molar-refractivity contribution in [3.63, 3.8) is 0 Å². The summed E-state index contributed by atoms with van der Waals surface area (Å²) >= 11 is 0. The zero-order valence-corrected chi connectivity index (χ0v) is 10.6. The summed E-state index contributed by atoms with van der Waals surface area (Å²) in [7, 11) is 1.60. The number of benzene rings is 1. The van der Waals surface area contributed by atoms with Crippen molar-refractivity contribution in [2.24, 2.45) is 11.7 Å². The lowest BCUT2D eigenvalue weighted by Crippen LogP contribution is -2.29. The number of hydrogen-bond acceptors (Lipinski definition) is 3. The quantitative estimate of drug-likeness (QED) is 0.784. The van der Waals surface area contributed by atoms with Crippen LogP contribution in [0.2, 0.25) is 0 Å². The molecule has 5 heteroatoms. The van der Waals surface area contributed by atoms with E-state index in [-0.39, 0.29) is 12.3 Å². The zero-order valence-electron chi connectivity index (χ0n) is 10.6. The molecule has 0 aliphatic rings. The van der Waals surface area contributed by atoms with E-state index in [2.05, 4.69) is 5.32 Å². The molecule has 3 N–H and O–H groups in total. The largest absolute Gasteiger partial charge is 0.497 e. The SMILES string of the molecule is COc1ccc(CNC(=O)C[C@@H](C)C(N)=O)cc1. The number of amides is 2. The standard InChI is InChI=1S/C13H18N2O3/c1-9(13(14)17)7-12(16)15-8-10-3-5-11(18-2)6-4-10/h3-6,9H,7-8H2,1-2H3,(H2,14,17)(H,15,16)/t9-/m1/s1. The number of rotatable bonds is 6. The fourth-order valence-corrected chi connectivity index (χ4v) is 1.39. The van der Waals surface area contributed by atoms with E-state index in [1.54, 1.807) is 14.0 Å². The number of nitrogens with two attached hydrogens (primary N) is 1. The Hall–Kier alpha value is -2.04. The molecule has 1 rings (SSSR count). The Bertz CT molecular complexity index is 415. The van der Waals surface area contributed by atoms with Gasteiger partial charge in [-0.1, -0.05) is 19.1 Å². The van der Waals surface area contributed by atoms with Gasteiger partial charge < -0.3 is 15.8 Å². The van der Waals surface area contributed by atoms with Crippen molar-refractivity contribution in [2.75, 3.05) is 7.11 Å². The van der Waals surface area contributed by atoms with Crippen LogP contribution in [0.3, 0.4) is 0 Å². The molecular weight excluding hydrogens is 232 g/mol. The van der Waals surface area contributed by atoms with Crippen LogP contribution in [0.5, 0.6) is 5.75 Å². The first-order valence-corrected chi connectivity index (χ1v) is 5.72. The lowest BCUT2D eigenvalue weighted by molar-refractivity contribution is -0.128. The smallest absolute Gasteiger partial charge is 0.221 e. The van der Waals surface area contributed by atoms with Gasteiger partial charge in [-0.25, -0.2) is 0 Å². The summed E-state index contributed by atoms with van der Waals surface area (Å²) in [5.74, 6) is -0.319. The highest BCUT2D eigenvalue weighted by Gasteiger charge is 2.13. The van der Waals surface area contributed by atoms with E-state index in [0.717, 1.165) is 11.3 Å². The fraction of sp³-hybridized carbons (Fsp3) is 0.385. The number of primary amides is 1. The van der Waals surface area contributed by atoms with Gasteiger partial charge in [0, 0.05) is 18.9 Å². The maximum Gasteiger partial charge on any atom is 0.221 e. The average Bonchev–Trinajstić information content (AvgIpc) is 2.36. The van der Waals surface area contributed by atoms with Crippen molar-refractivity contribution in [1.82, 2.24) is 5.32 Å². The third kappa shape index (κ3) is 4.45. The van der Waals surface area contributed by atoms with E-state index in [0.29, 0.717) is 6.54 Å². The van der Waals surface area contributed by atoms with E-state index in [4.69, 9.17) is 10.5 Å². The van der Waals surface area contributed by atoms with Crippen molar-refractivity contribution in [3.05, 3.63) is 29.8 Å². The maximum absolute atomic E-state index is 11.5. The Balaban J connectivity index is 2.40. The first-order chi connectivity index (χ1) is 8.52. The summed E-state index contributed by atoms with van der Waals surface area (Å²) in [5, 5.41) is 2.73. The predicted octanol–water partition coefficient (Wildman–Crippen LogP) is 0.823. The van der Waals surface area contributed by atoms with Gasteiger partial charge in [0.2, 0.25) is 11.8 Å². The second kappa shape index (κ2) is 6.64. The molecule has 0 fully saturated rings. The van der Waals surface area contributed by atoms with Crippen molar-refractivity contribution in [1.29, 1.82) is 0 Å². The molecule has 0 bridgehead atoms. The Morgan fingerprint density at radius 2 is 1.94 bits per heavy atom. The number of hydrogen-bond donors (Lipinski definition) is 2. The Morgan fingerprint density at radius 1 is 1.33 bits per heavy atom. The van der Waals surface area contributed by atoms with Crippen LogP contribution in [0.25, 0.3) is 0 Å². The molecule has 0 heterocycles. The van der Waals surface area contributed by atoms with Crippen LogP contribution in [-0.2, 0) is 16.1 Å². The molecule has 1 aromatic carbocycles. The van der Waals surface area contributed by atoms with Gasteiger partial charge in [-0.05, 0) is 17.7 Å². The normalized spacial score (nSPS) is 11.7. The summed E-state index contributed by atoms with van der Waals surface area (Å²) in [5.41, 5.74) is 6.06. The summed E-state index contributed by atoms with van der Waals surface area (Å²) < 4.78 is 5.04. The third-order valence-corrected chi connectivity index (χ3v) is 2.63. The van der Waals surface area contributed by atoms with E-state index in [1.165, 1.54) is 0 Å². The van der Waals surface area contributed by atoms with Crippen LogP contribution < -0.4 is 15.8 Å². The zero-order chi connectivity index (χ0) is 13.5. The van der Waals surface area contributed by atoms with Crippen molar-refractivity contribution < 1.29 is 14.3 Å². The van der Waals surface area contributed by atoms with Crippen LogP contribution >= 0.6 is 0 Å². The molecule has 0 unspecified atom stereocenters. The average molecular weight is 250 g/mol. The molecule has 5 nitrogen and oxygen atoms in total. The lowest BCUT2D eigenvalue weighted by Gasteiger charge is -2.08. The first kappa shape index (κ1) is 14.0. The minimum absolute atomic E-state index is 0.117. The molecular formula is C13H18N2O3. The molecule has 1 aromatic rings. The molecule has 0 radical (unpaired) electrons. The number of carbonyl (C=O) groups is 2. The molecule has 18 heavy (non-hydrogen) atoms. The molecule has 0 spiro atoms. The van der Waals surface area contributed by atoms with E-state index in [9.17, 15) is 9.59 Å². The van der Waals surface area contributed by atoms with Crippen molar-refractivity contribution in [2.45, 2.75) is 19.9 Å².